The molecule has 0 radical (unpaired) electrons. The van der Waals surface area contributed by atoms with Crippen molar-refractivity contribution in [2.45, 2.75) is 19.4 Å². The summed E-state index contributed by atoms with van der Waals surface area (Å²) in [5.74, 6) is 0.582. The molecule has 4 aromatic rings. The number of benzene rings is 1. The predicted octanol–water partition coefficient (Wildman–Crippen LogP) is 3.81. The van der Waals surface area contributed by atoms with Crippen LogP contribution in [0.3, 0.4) is 0 Å². The van der Waals surface area contributed by atoms with Gasteiger partial charge in [0.2, 0.25) is 0 Å². The molecule has 0 spiro atoms. The van der Waals surface area contributed by atoms with Gasteiger partial charge in [-0.05, 0) is 74.0 Å². The van der Waals surface area contributed by atoms with Crippen LogP contribution in [0.25, 0.3) is 16.9 Å². The highest BCUT2D eigenvalue weighted by Gasteiger charge is 2.24. The molecule has 1 aromatic carbocycles. The van der Waals surface area contributed by atoms with Crippen LogP contribution in [0, 0.1) is 5.92 Å². The maximum atomic E-state index is 11.1. The predicted molar refractivity (Wildman–Crippen MR) is 115 cm³/mol. The lowest BCUT2D eigenvalue weighted by Gasteiger charge is -2.29. The molecule has 0 saturated carbocycles. The van der Waals surface area contributed by atoms with Crippen LogP contribution in [0.15, 0.2) is 61.1 Å². The number of nitrogens with zero attached hydrogens (tertiary/aromatic N) is 4. The van der Waals surface area contributed by atoms with Crippen molar-refractivity contribution in [2.75, 3.05) is 13.1 Å². The van der Waals surface area contributed by atoms with E-state index in [9.17, 15) is 4.79 Å². The topological polar surface area (TPSA) is 95.8 Å². The first kappa shape index (κ1) is 19.3. The molecule has 0 atom stereocenters. The smallest absolute Gasteiger partial charge is 0.306 e. The van der Waals surface area contributed by atoms with Crippen molar-refractivity contribution in [1.82, 2.24) is 24.5 Å². The van der Waals surface area contributed by atoms with Crippen LogP contribution in [-0.2, 0) is 11.3 Å². The fraction of sp³-hybridized carbons (Fsp3) is 0.261. The number of imidazole rings is 1. The first-order valence-corrected chi connectivity index (χ1v) is 10.3. The summed E-state index contributed by atoms with van der Waals surface area (Å²) in [4.78, 5) is 18.1. The van der Waals surface area contributed by atoms with Crippen LogP contribution in [0.2, 0.25) is 0 Å². The first-order chi connectivity index (χ1) is 15.1. The molecule has 1 aliphatic heterocycles. The number of carbonyl (C=O) groups is 1. The summed E-state index contributed by atoms with van der Waals surface area (Å²) in [5.41, 5.74) is 3.84. The molecule has 0 unspecified atom stereocenters. The van der Waals surface area contributed by atoms with Gasteiger partial charge in [-0.1, -0.05) is 0 Å². The maximum Gasteiger partial charge on any atom is 0.306 e. The third kappa shape index (κ3) is 4.29. The zero-order valence-corrected chi connectivity index (χ0v) is 16.9. The van der Waals surface area contributed by atoms with Gasteiger partial charge in [0.1, 0.15) is 17.1 Å². The molecule has 2 N–H and O–H groups in total. The lowest BCUT2D eigenvalue weighted by Crippen LogP contribution is -2.35. The Morgan fingerprint density at radius 1 is 1.06 bits per heavy atom. The van der Waals surface area contributed by atoms with E-state index in [1.807, 2.05) is 59.3 Å². The van der Waals surface area contributed by atoms with Crippen molar-refractivity contribution >= 4 is 11.6 Å². The minimum atomic E-state index is -0.684. The third-order valence-corrected chi connectivity index (χ3v) is 5.70. The van der Waals surface area contributed by atoms with Gasteiger partial charge in [-0.2, -0.15) is 5.10 Å². The summed E-state index contributed by atoms with van der Waals surface area (Å²) in [5, 5.41) is 16.1. The number of pyridine rings is 1. The summed E-state index contributed by atoms with van der Waals surface area (Å²) < 4.78 is 7.98. The fourth-order valence-electron chi connectivity index (χ4n) is 3.98. The van der Waals surface area contributed by atoms with Gasteiger partial charge >= 0.3 is 5.97 Å². The van der Waals surface area contributed by atoms with Crippen LogP contribution in [0.5, 0.6) is 11.5 Å². The Labute approximate surface area is 179 Å². The molecule has 1 fully saturated rings. The number of likely N-dealkylation sites (tertiary alicyclic amines) is 1. The van der Waals surface area contributed by atoms with Crippen LogP contribution in [0.4, 0.5) is 0 Å². The zero-order valence-electron chi connectivity index (χ0n) is 16.9. The normalized spacial score (nSPS) is 15.4. The molecule has 5 rings (SSSR count). The Balaban J connectivity index is 1.25. The van der Waals surface area contributed by atoms with Gasteiger partial charge in [0, 0.05) is 18.9 Å². The van der Waals surface area contributed by atoms with Crippen molar-refractivity contribution in [3.63, 3.8) is 0 Å². The molecule has 1 saturated heterocycles. The summed E-state index contributed by atoms with van der Waals surface area (Å²) in [7, 11) is 0. The Morgan fingerprint density at radius 3 is 2.55 bits per heavy atom. The Hall–Kier alpha value is -3.65. The van der Waals surface area contributed by atoms with E-state index in [4.69, 9.17) is 9.84 Å². The van der Waals surface area contributed by atoms with Crippen LogP contribution < -0.4 is 4.74 Å². The van der Waals surface area contributed by atoms with Gasteiger partial charge in [0.05, 0.1) is 23.5 Å². The zero-order chi connectivity index (χ0) is 21.2. The van der Waals surface area contributed by atoms with Gasteiger partial charge in [-0.3, -0.25) is 14.8 Å². The Morgan fingerprint density at radius 2 is 1.84 bits per heavy atom. The van der Waals surface area contributed by atoms with Gasteiger partial charge in [-0.15, -0.1) is 0 Å². The second-order valence-corrected chi connectivity index (χ2v) is 7.85. The van der Waals surface area contributed by atoms with E-state index in [2.05, 4.69) is 20.1 Å². The number of hydrogen-bond acceptors (Lipinski definition) is 5. The molecular formula is C23H23N5O3. The molecule has 4 heterocycles. The SMILES string of the molecule is O=C(O)C1CCN(Cc2cn3cc(Oc4ccc(-c5ccn[nH]5)cc4)ccc3n2)CC1. The average Bonchev–Trinajstić information content (AvgIpc) is 3.44. The van der Waals surface area contributed by atoms with Crippen LogP contribution >= 0.6 is 0 Å². The monoisotopic (exact) mass is 417 g/mol. The van der Waals surface area contributed by atoms with Crippen molar-refractivity contribution in [2.24, 2.45) is 5.92 Å². The Bertz CT molecular complexity index is 1180. The molecule has 1 aliphatic rings. The largest absolute Gasteiger partial charge is 0.481 e. The van der Waals surface area contributed by atoms with E-state index in [1.165, 1.54) is 0 Å². The van der Waals surface area contributed by atoms with Crippen molar-refractivity contribution < 1.29 is 14.6 Å². The maximum absolute atomic E-state index is 11.1. The van der Waals surface area contributed by atoms with Crippen LogP contribution in [0.1, 0.15) is 18.5 Å². The van der Waals surface area contributed by atoms with Crippen molar-refractivity contribution in [1.29, 1.82) is 0 Å². The van der Waals surface area contributed by atoms with E-state index in [0.717, 1.165) is 53.7 Å². The van der Waals surface area contributed by atoms with Crippen molar-refractivity contribution in [3.8, 4) is 22.8 Å². The number of carboxylic acids is 1. The first-order valence-electron chi connectivity index (χ1n) is 10.3. The van der Waals surface area contributed by atoms with Crippen LogP contribution in [-0.4, -0.2) is 48.6 Å². The molecular weight excluding hydrogens is 394 g/mol. The summed E-state index contributed by atoms with van der Waals surface area (Å²) in [6, 6.07) is 13.6. The Kier molecular flexibility index (Phi) is 5.13. The molecule has 8 heteroatoms. The molecule has 0 amide bonds. The number of aromatic nitrogens is 4. The number of ether oxygens (including phenoxy) is 1. The second-order valence-electron chi connectivity index (χ2n) is 7.85. The molecule has 158 valence electrons. The van der Waals surface area contributed by atoms with E-state index < -0.39 is 5.97 Å². The van der Waals surface area contributed by atoms with Gasteiger partial charge < -0.3 is 14.2 Å². The van der Waals surface area contributed by atoms with E-state index in [-0.39, 0.29) is 5.92 Å². The number of rotatable bonds is 6. The van der Waals surface area contributed by atoms with Crippen molar-refractivity contribution in [3.05, 3.63) is 66.7 Å². The highest BCUT2D eigenvalue weighted by atomic mass is 16.5. The highest BCUT2D eigenvalue weighted by molar-refractivity contribution is 5.70. The fourth-order valence-corrected chi connectivity index (χ4v) is 3.98. The lowest BCUT2D eigenvalue weighted by atomic mass is 9.97. The average molecular weight is 417 g/mol. The number of nitrogens with one attached hydrogen (secondary N) is 1. The number of piperidine rings is 1. The van der Waals surface area contributed by atoms with Gasteiger partial charge in [-0.25, -0.2) is 4.98 Å². The standard InChI is InChI=1S/C23H23N5O3/c29-23(30)17-8-11-27(12-9-17)13-18-14-28-15-20(5-6-22(28)25-18)31-19-3-1-16(2-4-19)21-7-10-24-26-21/h1-7,10,14-15,17H,8-9,11-13H2,(H,24,26)(H,29,30). The van der Waals surface area contributed by atoms with E-state index in [0.29, 0.717) is 12.8 Å². The van der Waals surface area contributed by atoms with E-state index >= 15 is 0 Å². The number of aromatic amines is 1. The summed E-state index contributed by atoms with van der Waals surface area (Å²) >= 11 is 0. The molecule has 8 nitrogen and oxygen atoms in total. The molecule has 3 aromatic heterocycles. The number of carboxylic acid groups (broad SMARTS) is 1. The molecule has 31 heavy (non-hydrogen) atoms. The van der Waals surface area contributed by atoms with Gasteiger partial charge in [0.25, 0.3) is 0 Å². The number of hydrogen-bond donors (Lipinski definition) is 2. The molecule has 0 aliphatic carbocycles. The number of aliphatic carboxylic acids is 1. The number of H-pyrrole nitrogens is 1. The highest BCUT2D eigenvalue weighted by Crippen LogP contribution is 2.26. The lowest BCUT2D eigenvalue weighted by molar-refractivity contribution is -0.143. The minimum Gasteiger partial charge on any atom is -0.481 e. The van der Waals surface area contributed by atoms with Gasteiger partial charge in [0.15, 0.2) is 0 Å². The molecule has 0 bridgehead atoms. The third-order valence-electron chi connectivity index (χ3n) is 5.70. The second kappa shape index (κ2) is 8.23. The summed E-state index contributed by atoms with van der Waals surface area (Å²) in [6.45, 7) is 2.29. The minimum absolute atomic E-state index is 0.217. The number of fused-ring (bicyclic) bond motifs is 1. The van der Waals surface area contributed by atoms with E-state index in [1.54, 1.807) is 6.20 Å². The summed E-state index contributed by atoms with van der Waals surface area (Å²) in [6.07, 6.45) is 7.05. The quantitative estimate of drug-likeness (QED) is 0.495.